The third-order valence-corrected chi connectivity index (χ3v) is 5.41. The highest BCUT2D eigenvalue weighted by Crippen LogP contribution is 2.30. The molecule has 0 aromatic heterocycles. The molecule has 0 aromatic carbocycles. The van der Waals surface area contributed by atoms with E-state index in [1.165, 1.54) is 0 Å². The Morgan fingerprint density at radius 2 is 2.06 bits per heavy atom. The second-order valence-electron chi connectivity index (χ2n) is 4.85. The van der Waals surface area contributed by atoms with Gasteiger partial charge in [0.1, 0.15) is 0 Å². The molecule has 5 nitrogen and oxygen atoms in total. The quantitative estimate of drug-likeness (QED) is 0.779. The molecule has 100 valence electrons. The monoisotopic (exact) mass is 261 g/mol. The number of rotatable bonds is 5. The van der Waals surface area contributed by atoms with Gasteiger partial charge in [-0.2, -0.15) is 17.0 Å². The summed E-state index contributed by atoms with van der Waals surface area (Å²) in [6.07, 6.45) is 3.86. The first-order valence-electron chi connectivity index (χ1n) is 6.64. The lowest BCUT2D eigenvalue weighted by atomic mass is 10.4. The molecule has 0 bridgehead atoms. The molecule has 2 aliphatic rings. The van der Waals surface area contributed by atoms with Gasteiger partial charge in [0.2, 0.25) is 0 Å². The molecule has 2 rings (SSSR count). The fourth-order valence-electron chi connectivity index (χ4n) is 2.27. The van der Waals surface area contributed by atoms with Crippen molar-refractivity contribution >= 4 is 10.2 Å². The Morgan fingerprint density at radius 3 is 2.71 bits per heavy atom. The summed E-state index contributed by atoms with van der Waals surface area (Å²) in [7, 11) is -3.22. The standard InChI is InChI=1S/C11H23N3O2S/c1-2-8-14(11-4-5-11)17(15,16)13-9-3-6-12-7-10-13/h11-12H,2-10H2,1H3. The molecule has 0 spiro atoms. The molecule has 1 saturated heterocycles. The Morgan fingerprint density at radius 1 is 1.29 bits per heavy atom. The topological polar surface area (TPSA) is 52.7 Å². The molecule has 17 heavy (non-hydrogen) atoms. The summed E-state index contributed by atoms with van der Waals surface area (Å²) in [5, 5.41) is 3.24. The van der Waals surface area contributed by atoms with E-state index in [1.807, 2.05) is 6.92 Å². The number of hydrogen-bond donors (Lipinski definition) is 1. The van der Waals surface area contributed by atoms with Crippen molar-refractivity contribution in [3.05, 3.63) is 0 Å². The lowest BCUT2D eigenvalue weighted by Gasteiger charge is -2.28. The van der Waals surface area contributed by atoms with Crippen LogP contribution >= 0.6 is 0 Å². The Labute approximate surface area is 104 Å². The highest BCUT2D eigenvalue weighted by atomic mass is 32.2. The Hall–Kier alpha value is -0.170. The maximum atomic E-state index is 12.5. The first-order chi connectivity index (χ1) is 8.16. The van der Waals surface area contributed by atoms with Crippen LogP contribution in [0.4, 0.5) is 0 Å². The molecular formula is C11H23N3O2S. The van der Waals surface area contributed by atoms with E-state index in [-0.39, 0.29) is 6.04 Å². The van der Waals surface area contributed by atoms with E-state index in [0.29, 0.717) is 19.6 Å². The normalized spacial score (nSPS) is 23.9. The molecule has 0 aromatic rings. The summed E-state index contributed by atoms with van der Waals surface area (Å²) >= 11 is 0. The average Bonchev–Trinajstić information content (AvgIpc) is 3.11. The first kappa shape index (κ1) is 13.3. The van der Waals surface area contributed by atoms with Gasteiger partial charge in [0.15, 0.2) is 0 Å². The summed E-state index contributed by atoms with van der Waals surface area (Å²) in [4.78, 5) is 0. The van der Waals surface area contributed by atoms with E-state index >= 15 is 0 Å². The van der Waals surface area contributed by atoms with E-state index < -0.39 is 10.2 Å². The van der Waals surface area contributed by atoms with E-state index in [4.69, 9.17) is 0 Å². The lowest BCUT2D eigenvalue weighted by Crippen LogP contribution is -2.46. The van der Waals surface area contributed by atoms with Gasteiger partial charge in [-0.1, -0.05) is 6.92 Å². The van der Waals surface area contributed by atoms with Crippen molar-refractivity contribution in [2.75, 3.05) is 32.7 Å². The van der Waals surface area contributed by atoms with Crippen molar-refractivity contribution in [2.24, 2.45) is 0 Å². The third-order valence-electron chi connectivity index (χ3n) is 3.32. The molecule has 0 unspecified atom stereocenters. The predicted octanol–water partition coefficient (Wildman–Crippen LogP) is 0.401. The van der Waals surface area contributed by atoms with Crippen molar-refractivity contribution in [1.29, 1.82) is 0 Å². The summed E-state index contributed by atoms with van der Waals surface area (Å²) in [5.74, 6) is 0. The van der Waals surface area contributed by atoms with Crippen LogP contribution in [0.25, 0.3) is 0 Å². The van der Waals surface area contributed by atoms with Gasteiger partial charge in [-0.25, -0.2) is 0 Å². The highest BCUT2D eigenvalue weighted by Gasteiger charge is 2.39. The predicted molar refractivity (Wildman–Crippen MR) is 68.0 cm³/mol. The molecule has 1 saturated carbocycles. The minimum Gasteiger partial charge on any atom is -0.315 e. The van der Waals surface area contributed by atoms with Crippen molar-refractivity contribution < 1.29 is 8.42 Å². The van der Waals surface area contributed by atoms with E-state index in [9.17, 15) is 8.42 Å². The first-order valence-corrected chi connectivity index (χ1v) is 8.03. The molecule has 6 heteroatoms. The zero-order valence-corrected chi connectivity index (χ0v) is 11.4. The van der Waals surface area contributed by atoms with Crippen molar-refractivity contribution in [1.82, 2.24) is 13.9 Å². The van der Waals surface area contributed by atoms with Crippen LogP contribution < -0.4 is 5.32 Å². The molecule has 0 atom stereocenters. The summed E-state index contributed by atoms with van der Waals surface area (Å²) < 4.78 is 28.4. The molecule has 0 radical (unpaired) electrons. The maximum absolute atomic E-state index is 12.5. The molecule has 1 aliphatic heterocycles. The van der Waals surface area contributed by atoms with Crippen molar-refractivity contribution in [3.8, 4) is 0 Å². The molecule has 1 N–H and O–H groups in total. The van der Waals surface area contributed by atoms with Gasteiger partial charge >= 0.3 is 0 Å². The van der Waals surface area contributed by atoms with Crippen LogP contribution in [0.2, 0.25) is 0 Å². The molecular weight excluding hydrogens is 238 g/mol. The Balaban J connectivity index is 2.08. The minimum absolute atomic E-state index is 0.274. The van der Waals surface area contributed by atoms with Crippen LogP contribution in [0, 0.1) is 0 Å². The van der Waals surface area contributed by atoms with E-state index in [0.717, 1.165) is 38.8 Å². The zero-order valence-electron chi connectivity index (χ0n) is 10.6. The SMILES string of the molecule is CCCN(C1CC1)S(=O)(=O)N1CCCNCC1. The average molecular weight is 261 g/mol. The lowest BCUT2D eigenvalue weighted by molar-refractivity contribution is 0.337. The van der Waals surface area contributed by atoms with Gasteiger partial charge in [-0.15, -0.1) is 0 Å². The molecule has 1 heterocycles. The van der Waals surface area contributed by atoms with E-state index in [2.05, 4.69) is 5.32 Å². The van der Waals surface area contributed by atoms with E-state index in [1.54, 1.807) is 8.61 Å². The molecule has 1 aliphatic carbocycles. The summed E-state index contributed by atoms with van der Waals surface area (Å²) in [6, 6.07) is 0.274. The number of hydrogen-bond acceptors (Lipinski definition) is 3. The summed E-state index contributed by atoms with van der Waals surface area (Å²) in [6.45, 7) is 5.65. The van der Waals surface area contributed by atoms with Crippen LogP contribution in [0.15, 0.2) is 0 Å². The smallest absolute Gasteiger partial charge is 0.282 e. The molecule has 2 fully saturated rings. The van der Waals surface area contributed by atoms with Gasteiger partial charge in [-0.05, 0) is 32.2 Å². The third kappa shape index (κ3) is 3.19. The van der Waals surface area contributed by atoms with Gasteiger partial charge in [0.25, 0.3) is 10.2 Å². The maximum Gasteiger partial charge on any atom is 0.282 e. The van der Waals surface area contributed by atoms with Gasteiger partial charge in [0, 0.05) is 32.2 Å². The highest BCUT2D eigenvalue weighted by molar-refractivity contribution is 7.86. The van der Waals surface area contributed by atoms with Gasteiger partial charge < -0.3 is 5.32 Å². The zero-order chi connectivity index (χ0) is 12.3. The van der Waals surface area contributed by atoms with Crippen LogP contribution in [-0.2, 0) is 10.2 Å². The second kappa shape index (κ2) is 5.65. The van der Waals surface area contributed by atoms with Gasteiger partial charge in [0.05, 0.1) is 0 Å². The molecule has 0 amide bonds. The fourth-order valence-corrected chi connectivity index (χ4v) is 4.25. The van der Waals surface area contributed by atoms with Crippen molar-refractivity contribution in [2.45, 2.75) is 38.6 Å². The number of nitrogens with one attached hydrogen (secondary N) is 1. The minimum atomic E-state index is -3.22. The van der Waals surface area contributed by atoms with Crippen molar-refractivity contribution in [3.63, 3.8) is 0 Å². The summed E-state index contributed by atoms with van der Waals surface area (Å²) in [5.41, 5.74) is 0. The number of nitrogens with zero attached hydrogens (tertiary/aromatic N) is 2. The fraction of sp³-hybridized carbons (Fsp3) is 1.00. The second-order valence-corrected chi connectivity index (χ2v) is 6.73. The Kier molecular flexibility index (Phi) is 4.41. The Bertz CT molecular complexity index is 333. The van der Waals surface area contributed by atoms with Gasteiger partial charge in [-0.3, -0.25) is 0 Å². The van der Waals surface area contributed by atoms with Crippen LogP contribution in [0.5, 0.6) is 0 Å². The van der Waals surface area contributed by atoms with Crippen LogP contribution in [-0.4, -0.2) is 55.8 Å². The van der Waals surface area contributed by atoms with Crippen LogP contribution in [0.3, 0.4) is 0 Å². The van der Waals surface area contributed by atoms with Crippen LogP contribution in [0.1, 0.15) is 32.6 Å². The largest absolute Gasteiger partial charge is 0.315 e.